The molecule has 0 aliphatic rings. The van der Waals surface area contributed by atoms with Gasteiger partial charge in [0.15, 0.2) is 0 Å². The van der Waals surface area contributed by atoms with E-state index in [1.807, 2.05) is 0 Å². The van der Waals surface area contributed by atoms with E-state index in [1.54, 1.807) is 0 Å². The Labute approximate surface area is 65.2 Å². The van der Waals surface area contributed by atoms with E-state index < -0.39 is 22.6 Å². The zero-order chi connectivity index (χ0) is 9.07. The molecule has 11 heavy (non-hydrogen) atoms. The minimum atomic E-state index is -1.98. The van der Waals surface area contributed by atoms with Crippen molar-refractivity contribution in [2.45, 2.75) is 0 Å². The summed E-state index contributed by atoms with van der Waals surface area (Å²) < 4.78 is 4.12. The van der Waals surface area contributed by atoms with Crippen molar-refractivity contribution < 1.29 is 19.8 Å². The first-order valence-corrected chi connectivity index (χ1v) is 5.03. The lowest BCUT2D eigenvalue weighted by atomic mass is 11.3. The molecule has 2 amide bonds. The van der Waals surface area contributed by atoms with Crippen molar-refractivity contribution in [2.75, 3.05) is 12.5 Å². The Morgan fingerprint density at radius 1 is 1.09 bits per heavy atom. The summed E-state index contributed by atoms with van der Waals surface area (Å²) in [5, 5.41) is 16.5. The predicted octanol–water partition coefficient (Wildman–Crippen LogP) is 0.416. The average Bonchev–Trinajstić information content (AvgIpc) is 1.53. The second kappa shape index (κ2) is 3.33. The summed E-state index contributed by atoms with van der Waals surface area (Å²) in [6.07, 6.45) is 0.488. The highest BCUT2D eigenvalue weighted by Crippen LogP contribution is 2.28. The molecule has 0 heterocycles. The summed E-state index contributed by atoms with van der Waals surface area (Å²) >= 11 is 0. The Balaban J connectivity index is 3.99. The van der Waals surface area contributed by atoms with Gasteiger partial charge in [-0.1, -0.05) is 10.4 Å². The molecule has 0 aromatic heterocycles. The van der Waals surface area contributed by atoms with Gasteiger partial charge in [-0.05, 0) is 12.5 Å². The van der Waals surface area contributed by atoms with Crippen LogP contribution in [0.25, 0.3) is 0 Å². The van der Waals surface area contributed by atoms with Gasteiger partial charge in [0.2, 0.25) is 0 Å². The van der Waals surface area contributed by atoms with Crippen LogP contribution in [0.4, 0.5) is 9.59 Å². The third-order valence-electron chi connectivity index (χ3n) is 0.685. The van der Waals surface area contributed by atoms with Crippen molar-refractivity contribution in [1.82, 2.24) is 9.44 Å². The number of rotatable bonds is 2. The lowest BCUT2D eigenvalue weighted by molar-refractivity contribution is 0.200. The second-order valence-corrected chi connectivity index (χ2v) is 5.20. The van der Waals surface area contributed by atoms with Crippen molar-refractivity contribution in [3.05, 3.63) is 0 Å². The van der Waals surface area contributed by atoms with Gasteiger partial charge in [0.05, 0.1) is 0 Å². The molecule has 0 aliphatic carbocycles. The summed E-state index contributed by atoms with van der Waals surface area (Å²) in [7, 11) is -1.98. The SMILES string of the molecule is CS(C)(NC(=O)O)NC(=O)O. The first-order valence-electron chi connectivity index (χ1n) is 2.58. The van der Waals surface area contributed by atoms with Crippen molar-refractivity contribution in [3.63, 3.8) is 0 Å². The average molecular weight is 182 g/mol. The van der Waals surface area contributed by atoms with Crippen molar-refractivity contribution in [2.24, 2.45) is 0 Å². The summed E-state index contributed by atoms with van der Waals surface area (Å²) in [5.74, 6) is 0. The summed E-state index contributed by atoms with van der Waals surface area (Å²) in [4.78, 5) is 20.1. The minimum Gasteiger partial charge on any atom is -0.464 e. The maximum Gasteiger partial charge on any atom is 0.414 e. The molecule has 0 spiro atoms. The van der Waals surface area contributed by atoms with Crippen LogP contribution in [0.1, 0.15) is 0 Å². The number of carboxylic acid groups (broad SMARTS) is 2. The topological polar surface area (TPSA) is 98.7 Å². The molecular weight excluding hydrogens is 172 g/mol. The van der Waals surface area contributed by atoms with Crippen LogP contribution in [-0.4, -0.2) is 34.9 Å². The van der Waals surface area contributed by atoms with Gasteiger partial charge in [0.25, 0.3) is 0 Å². The van der Waals surface area contributed by atoms with Gasteiger partial charge in [-0.2, -0.15) is 0 Å². The molecule has 4 N–H and O–H groups in total. The normalized spacial score (nSPS) is 11.8. The van der Waals surface area contributed by atoms with Gasteiger partial charge in [-0.15, -0.1) is 0 Å². The maximum absolute atomic E-state index is 10.1. The third kappa shape index (κ3) is 5.34. The molecule has 0 aromatic carbocycles. The van der Waals surface area contributed by atoms with Crippen LogP contribution in [0, 0.1) is 0 Å². The van der Waals surface area contributed by atoms with Gasteiger partial charge in [0, 0.05) is 0 Å². The van der Waals surface area contributed by atoms with E-state index in [1.165, 1.54) is 12.5 Å². The van der Waals surface area contributed by atoms with E-state index >= 15 is 0 Å². The van der Waals surface area contributed by atoms with Crippen LogP contribution in [-0.2, 0) is 0 Å². The number of hydrogen-bond donors (Lipinski definition) is 4. The van der Waals surface area contributed by atoms with Crippen LogP contribution in [0.5, 0.6) is 0 Å². The summed E-state index contributed by atoms with van der Waals surface area (Å²) in [6.45, 7) is 0. The highest BCUT2D eigenvalue weighted by Gasteiger charge is 2.15. The smallest absolute Gasteiger partial charge is 0.414 e. The molecule has 0 saturated heterocycles. The van der Waals surface area contributed by atoms with E-state index in [9.17, 15) is 9.59 Å². The summed E-state index contributed by atoms with van der Waals surface area (Å²) in [5.41, 5.74) is 0. The minimum absolute atomic E-state index is 1.24. The van der Waals surface area contributed by atoms with Crippen molar-refractivity contribution in [3.8, 4) is 0 Å². The molecule has 0 fully saturated rings. The van der Waals surface area contributed by atoms with E-state index in [2.05, 4.69) is 9.44 Å². The number of amides is 2. The Morgan fingerprint density at radius 3 is 1.55 bits per heavy atom. The molecule has 6 nitrogen and oxygen atoms in total. The maximum atomic E-state index is 10.1. The molecule has 0 rings (SSSR count). The Bertz CT molecular complexity index is 163. The van der Waals surface area contributed by atoms with Crippen LogP contribution in [0.15, 0.2) is 0 Å². The molecule has 0 radical (unpaired) electrons. The molecule has 0 unspecified atom stereocenters. The van der Waals surface area contributed by atoms with E-state index in [0.29, 0.717) is 0 Å². The fourth-order valence-electron chi connectivity index (χ4n) is 0.462. The lowest BCUT2D eigenvalue weighted by Gasteiger charge is -2.29. The van der Waals surface area contributed by atoms with Crippen molar-refractivity contribution in [1.29, 1.82) is 0 Å². The van der Waals surface area contributed by atoms with E-state index in [-0.39, 0.29) is 0 Å². The molecule has 0 bridgehead atoms. The zero-order valence-corrected chi connectivity index (χ0v) is 6.94. The largest absolute Gasteiger partial charge is 0.464 e. The van der Waals surface area contributed by atoms with Crippen molar-refractivity contribution >= 4 is 22.6 Å². The molecule has 0 aromatic rings. The Kier molecular flexibility index (Phi) is 2.99. The molecule has 0 saturated carbocycles. The third-order valence-corrected chi connectivity index (χ3v) is 2.05. The molecule has 0 aliphatic heterocycles. The number of hydrogen-bond acceptors (Lipinski definition) is 2. The summed E-state index contributed by atoms with van der Waals surface area (Å²) in [6, 6.07) is 0. The van der Waals surface area contributed by atoms with Gasteiger partial charge < -0.3 is 10.2 Å². The van der Waals surface area contributed by atoms with Crippen LogP contribution >= 0.6 is 10.4 Å². The second-order valence-electron chi connectivity index (χ2n) is 2.14. The fourth-order valence-corrected chi connectivity index (χ4v) is 1.39. The predicted molar refractivity (Wildman–Crippen MR) is 41.8 cm³/mol. The lowest BCUT2D eigenvalue weighted by Crippen LogP contribution is -2.36. The highest BCUT2D eigenvalue weighted by molar-refractivity contribution is 8.30. The quantitative estimate of drug-likeness (QED) is 0.497. The van der Waals surface area contributed by atoms with Gasteiger partial charge in [-0.25, -0.2) is 9.59 Å². The van der Waals surface area contributed by atoms with Gasteiger partial charge in [0.1, 0.15) is 0 Å². The first kappa shape index (κ1) is 9.89. The number of nitrogens with one attached hydrogen (secondary N) is 2. The van der Waals surface area contributed by atoms with Crippen LogP contribution in [0.2, 0.25) is 0 Å². The first-order chi connectivity index (χ1) is 4.83. The Hall–Kier alpha value is -1.11. The highest BCUT2D eigenvalue weighted by atomic mass is 32.3. The van der Waals surface area contributed by atoms with Gasteiger partial charge in [-0.3, -0.25) is 9.44 Å². The van der Waals surface area contributed by atoms with E-state index in [4.69, 9.17) is 10.2 Å². The monoisotopic (exact) mass is 182 g/mol. The van der Waals surface area contributed by atoms with E-state index in [0.717, 1.165) is 0 Å². The number of carbonyl (C=O) groups is 2. The molecule has 66 valence electrons. The van der Waals surface area contributed by atoms with Crippen LogP contribution in [0.3, 0.4) is 0 Å². The fraction of sp³-hybridized carbons (Fsp3) is 0.500. The Morgan fingerprint density at radius 2 is 1.36 bits per heavy atom. The molecule has 7 heteroatoms. The molecule has 0 atom stereocenters. The zero-order valence-electron chi connectivity index (χ0n) is 6.12. The van der Waals surface area contributed by atoms with Crippen LogP contribution < -0.4 is 9.44 Å². The standard InChI is InChI=1S/C4H10N2O4S/c1-11(2,5-3(7)8)6-4(9)10/h5-6H,1-2H3,(H,7,8)(H,9,10). The van der Waals surface area contributed by atoms with Gasteiger partial charge >= 0.3 is 12.2 Å². The molecular formula is C4H10N2O4S.